The number of nitrogens with one attached hydrogen (secondary N) is 2. The predicted octanol–water partition coefficient (Wildman–Crippen LogP) is 2.61. The van der Waals surface area contributed by atoms with E-state index >= 15 is 0 Å². The molecule has 0 aliphatic heterocycles. The fourth-order valence-corrected chi connectivity index (χ4v) is 2.12. The van der Waals surface area contributed by atoms with Crippen molar-refractivity contribution in [3.05, 3.63) is 46.7 Å². The van der Waals surface area contributed by atoms with Crippen LogP contribution in [0.2, 0.25) is 5.02 Å². The predicted molar refractivity (Wildman–Crippen MR) is 80.1 cm³/mol. The van der Waals surface area contributed by atoms with Gasteiger partial charge >= 0.3 is 0 Å². The van der Waals surface area contributed by atoms with Crippen molar-refractivity contribution >= 4 is 23.2 Å². The second-order valence-electron chi connectivity index (χ2n) is 4.59. The first-order valence-corrected chi connectivity index (χ1v) is 6.65. The standard InChI is InChI=1S/C14H17ClN4O/c1-9(10-7-17-19(3)8-10)18-11-4-5-13(15)12(6-11)14(20)16-2/h4-9,18H,1-3H3,(H,16,20). The van der Waals surface area contributed by atoms with Crippen molar-refractivity contribution in [3.63, 3.8) is 0 Å². The van der Waals surface area contributed by atoms with Gasteiger partial charge in [-0.1, -0.05) is 11.6 Å². The summed E-state index contributed by atoms with van der Waals surface area (Å²) in [6.07, 6.45) is 3.76. The average molecular weight is 293 g/mol. The van der Waals surface area contributed by atoms with Gasteiger partial charge in [0.15, 0.2) is 0 Å². The number of hydrogen-bond acceptors (Lipinski definition) is 3. The van der Waals surface area contributed by atoms with E-state index in [0.29, 0.717) is 10.6 Å². The van der Waals surface area contributed by atoms with Crippen LogP contribution in [0, 0.1) is 0 Å². The summed E-state index contributed by atoms with van der Waals surface area (Å²) in [5.41, 5.74) is 2.37. The molecular formula is C14H17ClN4O. The van der Waals surface area contributed by atoms with Crippen LogP contribution in [-0.2, 0) is 7.05 Å². The van der Waals surface area contributed by atoms with Gasteiger partial charge in [-0.25, -0.2) is 0 Å². The fourth-order valence-electron chi connectivity index (χ4n) is 1.92. The molecule has 106 valence electrons. The Morgan fingerprint density at radius 2 is 2.20 bits per heavy atom. The lowest BCUT2D eigenvalue weighted by Gasteiger charge is -2.15. The molecule has 0 radical (unpaired) electrons. The van der Waals surface area contributed by atoms with Crippen molar-refractivity contribution in [2.45, 2.75) is 13.0 Å². The van der Waals surface area contributed by atoms with Crippen molar-refractivity contribution in [2.24, 2.45) is 7.05 Å². The number of hydrogen-bond donors (Lipinski definition) is 2. The molecule has 0 spiro atoms. The van der Waals surface area contributed by atoms with Crippen LogP contribution in [-0.4, -0.2) is 22.7 Å². The quantitative estimate of drug-likeness (QED) is 0.911. The van der Waals surface area contributed by atoms with Crippen LogP contribution in [0.3, 0.4) is 0 Å². The molecule has 2 aromatic rings. The Bertz CT molecular complexity index is 623. The Morgan fingerprint density at radius 1 is 1.45 bits per heavy atom. The molecule has 2 N–H and O–H groups in total. The minimum atomic E-state index is -0.201. The van der Waals surface area contributed by atoms with Gasteiger partial charge in [0.2, 0.25) is 0 Å². The zero-order chi connectivity index (χ0) is 14.7. The summed E-state index contributed by atoms with van der Waals surface area (Å²) in [4.78, 5) is 11.7. The van der Waals surface area contributed by atoms with Crippen molar-refractivity contribution in [1.29, 1.82) is 0 Å². The number of aromatic nitrogens is 2. The third-order valence-corrected chi connectivity index (χ3v) is 3.38. The molecule has 1 heterocycles. The lowest BCUT2D eigenvalue weighted by molar-refractivity contribution is 0.0963. The van der Waals surface area contributed by atoms with Gasteiger partial charge in [-0.2, -0.15) is 5.10 Å². The molecule has 0 aliphatic carbocycles. The van der Waals surface area contributed by atoms with Gasteiger partial charge in [0.1, 0.15) is 0 Å². The molecule has 1 aromatic heterocycles. The monoisotopic (exact) mass is 292 g/mol. The highest BCUT2D eigenvalue weighted by Crippen LogP contribution is 2.24. The van der Waals surface area contributed by atoms with E-state index in [1.807, 2.05) is 32.4 Å². The first-order chi connectivity index (χ1) is 9.51. The maximum Gasteiger partial charge on any atom is 0.252 e. The van der Waals surface area contributed by atoms with Crippen LogP contribution < -0.4 is 10.6 Å². The van der Waals surface area contributed by atoms with Crippen molar-refractivity contribution in [1.82, 2.24) is 15.1 Å². The Kier molecular flexibility index (Phi) is 4.29. The lowest BCUT2D eigenvalue weighted by atomic mass is 10.1. The first-order valence-electron chi connectivity index (χ1n) is 6.28. The number of halogens is 1. The molecule has 0 aliphatic rings. The molecule has 6 heteroatoms. The zero-order valence-electron chi connectivity index (χ0n) is 11.6. The summed E-state index contributed by atoms with van der Waals surface area (Å²) in [6.45, 7) is 2.03. The SMILES string of the molecule is CNC(=O)c1cc(NC(C)c2cnn(C)c2)ccc1Cl. The number of carbonyl (C=O) groups is 1. The number of nitrogens with zero attached hydrogens (tertiary/aromatic N) is 2. The highest BCUT2D eigenvalue weighted by molar-refractivity contribution is 6.34. The number of benzene rings is 1. The van der Waals surface area contributed by atoms with E-state index in [0.717, 1.165) is 11.3 Å². The normalized spacial score (nSPS) is 12.0. The molecule has 0 fully saturated rings. The summed E-state index contributed by atoms with van der Waals surface area (Å²) < 4.78 is 1.76. The minimum Gasteiger partial charge on any atom is -0.378 e. The topological polar surface area (TPSA) is 59.0 Å². The third-order valence-electron chi connectivity index (χ3n) is 3.05. The summed E-state index contributed by atoms with van der Waals surface area (Å²) in [7, 11) is 3.46. The average Bonchev–Trinajstić information content (AvgIpc) is 2.87. The molecule has 2 rings (SSSR count). The summed E-state index contributed by atoms with van der Waals surface area (Å²) in [6, 6.07) is 5.39. The lowest BCUT2D eigenvalue weighted by Crippen LogP contribution is -2.18. The molecule has 5 nitrogen and oxygen atoms in total. The van der Waals surface area contributed by atoms with Gasteiger partial charge < -0.3 is 10.6 Å². The molecule has 1 aromatic carbocycles. The van der Waals surface area contributed by atoms with Gasteiger partial charge in [-0.3, -0.25) is 9.48 Å². The van der Waals surface area contributed by atoms with Crippen molar-refractivity contribution < 1.29 is 4.79 Å². The van der Waals surface area contributed by atoms with E-state index in [-0.39, 0.29) is 11.9 Å². The Morgan fingerprint density at radius 3 is 2.80 bits per heavy atom. The molecule has 0 saturated carbocycles. The van der Waals surface area contributed by atoms with Crippen LogP contribution in [0.4, 0.5) is 5.69 Å². The number of anilines is 1. The fraction of sp³-hybridized carbons (Fsp3) is 0.286. The third kappa shape index (κ3) is 3.11. The molecule has 0 saturated heterocycles. The zero-order valence-corrected chi connectivity index (χ0v) is 12.4. The van der Waals surface area contributed by atoms with E-state index in [2.05, 4.69) is 15.7 Å². The smallest absolute Gasteiger partial charge is 0.252 e. The van der Waals surface area contributed by atoms with Gasteiger partial charge in [0.05, 0.1) is 22.8 Å². The van der Waals surface area contributed by atoms with E-state index in [1.54, 1.807) is 23.9 Å². The maximum atomic E-state index is 11.7. The van der Waals surface area contributed by atoms with Crippen molar-refractivity contribution in [2.75, 3.05) is 12.4 Å². The van der Waals surface area contributed by atoms with E-state index in [9.17, 15) is 4.79 Å². The largest absolute Gasteiger partial charge is 0.378 e. The molecule has 1 amide bonds. The van der Waals surface area contributed by atoms with E-state index in [1.165, 1.54) is 0 Å². The van der Waals surface area contributed by atoms with Gasteiger partial charge in [-0.15, -0.1) is 0 Å². The van der Waals surface area contributed by atoms with Gasteiger partial charge in [0.25, 0.3) is 5.91 Å². The minimum absolute atomic E-state index is 0.0856. The van der Waals surface area contributed by atoms with Gasteiger partial charge in [0, 0.05) is 31.5 Å². The maximum absolute atomic E-state index is 11.7. The van der Waals surface area contributed by atoms with E-state index in [4.69, 9.17) is 11.6 Å². The van der Waals surface area contributed by atoms with Crippen LogP contribution in [0.1, 0.15) is 28.9 Å². The number of rotatable bonds is 4. The van der Waals surface area contributed by atoms with Crippen LogP contribution in [0.15, 0.2) is 30.6 Å². The van der Waals surface area contributed by atoms with Crippen LogP contribution in [0.5, 0.6) is 0 Å². The number of amides is 1. The van der Waals surface area contributed by atoms with Crippen LogP contribution in [0.25, 0.3) is 0 Å². The Balaban J connectivity index is 2.19. The highest BCUT2D eigenvalue weighted by Gasteiger charge is 2.12. The molecule has 1 atom stereocenters. The summed E-state index contributed by atoms with van der Waals surface area (Å²) in [5.74, 6) is -0.201. The Hall–Kier alpha value is -2.01. The Labute approximate surface area is 122 Å². The van der Waals surface area contributed by atoms with E-state index < -0.39 is 0 Å². The molecular weight excluding hydrogens is 276 g/mol. The molecule has 20 heavy (non-hydrogen) atoms. The van der Waals surface area contributed by atoms with Crippen molar-refractivity contribution in [3.8, 4) is 0 Å². The second-order valence-corrected chi connectivity index (χ2v) is 4.99. The molecule has 0 bridgehead atoms. The van der Waals surface area contributed by atoms with Crippen LogP contribution >= 0.6 is 11.6 Å². The summed E-state index contributed by atoms with van der Waals surface area (Å²) in [5, 5.41) is 10.5. The summed E-state index contributed by atoms with van der Waals surface area (Å²) >= 11 is 6.02. The molecule has 1 unspecified atom stereocenters. The highest BCUT2D eigenvalue weighted by atomic mass is 35.5. The number of carbonyl (C=O) groups excluding carboxylic acids is 1. The number of aryl methyl sites for hydroxylation is 1. The first kappa shape index (κ1) is 14.4. The van der Waals surface area contributed by atoms with Gasteiger partial charge in [-0.05, 0) is 25.1 Å². The second kappa shape index (κ2) is 5.96.